The summed E-state index contributed by atoms with van der Waals surface area (Å²) in [6.45, 7) is 1.48. The SMILES string of the molecule is Cc1nc(C(F)(F)F)ccc1S. The number of alkyl halides is 3. The molecule has 0 bridgehead atoms. The van der Waals surface area contributed by atoms with Gasteiger partial charge >= 0.3 is 6.18 Å². The van der Waals surface area contributed by atoms with Crippen LogP contribution in [0.15, 0.2) is 17.0 Å². The van der Waals surface area contributed by atoms with E-state index >= 15 is 0 Å². The van der Waals surface area contributed by atoms with E-state index in [1.165, 1.54) is 13.0 Å². The maximum atomic E-state index is 12.0. The van der Waals surface area contributed by atoms with Crippen LogP contribution in [0.4, 0.5) is 13.2 Å². The first-order valence-corrected chi connectivity index (χ1v) is 3.60. The fourth-order valence-electron chi connectivity index (χ4n) is 0.712. The Balaban J connectivity index is 3.14. The van der Waals surface area contributed by atoms with E-state index in [0.29, 0.717) is 4.90 Å². The lowest BCUT2D eigenvalue weighted by Gasteiger charge is -2.06. The average Bonchev–Trinajstić information content (AvgIpc) is 1.92. The zero-order chi connectivity index (χ0) is 9.35. The highest BCUT2D eigenvalue weighted by Gasteiger charge is 2.32. The zero-order valence-corrected chi connectivity index (χ0v) is 7.08. The summed E-state index contributed by atoms with van der Waals surface area (Å²) in [5, 5.41) is 0. The van der Waals surface area contributed by atoms with Crippen LogP contribution in [0, 0.1) is 6.92 Å². The normalized spacial score (nSPS) is 11.8. The van der Waals surface area contributed by atoms with Crippen molar-refractivity contribution in [1.82, 2.24) is 4.98 Å². The molecular weight excluding hydrogens is 187 g/mol. The molecule has 0 aliphatic carbocycles. The van der Waals surface area contributed by atoms with Crippen LogP contribution < -0.4 is 0 Å². The number of halogens is 3. The average molecular weight is 193 g/mol. The summed E-state index contributed by atoms with van der Waals surface area (Å²) in [7, 11) is 0. The Morgan fingerprint density at radius 2 is 1.92 bits per heavy atom. The van der Waals surface area contributed by atoms with E-state index in [1.54, 1.807) is 0 Å². The van der Waals surface area contributed by atoms with E-state index in [2.05, 4.69) is 17.6 Å². The Labute approximate surface area is 73.0 Å². The van der Waals surface area contributed by atoms with Gasteiger partial charge in [0, 0.05) is 4.90 Å². The van der Waals surface area contributed by atoms with Crippen molar-refractivity contribution in [3.8, 4) is 0 Å². The number of aromatic nitrogens is 1. The van der Waals surface area contributed by atoms with Gasteiger partial charge in [-0.1, -0.05) is 0 Å². The third-order valence-corrected chi connectivity index (χ3v) is 1.82. The number of nitrogens with zero attached hydrogens (tertiary/aromatic N) is 1. The van der Waals surface area contributed by atoms with Crippen molar-refractivity contribution in [2.45, 2.75) is 18.0 Å². The molecule has 0 amide bonds. The van der Waals surface area contributed by atoms with E-state index in [0.717, 1.165) is 6.07 Å². The minimum atomic E-state index is -4.37. The molecule has 1 rings (SSSR count). The summed E-state index contributed by atoms with van der Waals surface area (Å²) in [5.41, 5.74) is -0.592. The van der Waals surface area contributed by atoms with Gasteiger partial charge < -0.3 is 0 Å². The minimum absolute atomic E-state index is 0.285. The molecule has 1 nitrogen and oxygen atoms in total. The number of pyridine rings is 1. The molecule has 0 N–H and O–H groups in total. The second-order valence-electron chi connectivity index (χ2n) is 2.30. The molecule has 0 saturated carbocycles. The lowest BCUT2D eigenvalue weighted by Crippen LogP contribution is -2.08. The van der Waals surface area contributed by atoms with Crippen LogP contribution >= 0.6 is 12.6 Å². The highest BCUT2D eigenvalue weighted by atomic mass is 32.1. The molecule has 0 spiro atoms. The Morgan fingerprint density at radius 3 is 2.33 bits per heavy atom. The third-order valence-electron chi connectivity index (χ3n) is 1.35. The van der Waals surface area contributed by atoms with E-state index in [1.807, 2.05) is 0 Å². The van der Waals surface area contributed by atoms with E-state index in [4.69, 9.17) is 0 Å². The van der Waals surface area contributed by atoms with Gasteiger partial charge in [-0.05, 0) is 19.1 Å². The van der Waals surface area contributed by atoms with Crippen LogP contribution in [0.3, 0.4) is 0 Å². The third kappa shape index (κ3) is 1.91. The van der Waals surface area contributed by atoms with Crippen molar-refractivity contribution in [2.75, 3.05) is 0 Å². The lowest BCUT2D eigenvalue weighted by atomic mass is 10.3. The van der Waals surface area contributed by atoms with Crippen LogP contribution in [-0.2, 0) is 6.18 Å². The monoisotopic (exact) mass is 193 g/mol. The number of hydrogen-bond donors (Lipinski definition) is 1. The van der Waals surface area contributed by atoms with Crippen molar-refractivity contribution in [1.29, 1.82) is 0 Å². The van der Waals surface area contributed by atoms with Gasteiger partial charge in [-0.2, -0.15) is 13.2 Å². The topological polar surface area (TPSA) is 12.9 Å². The van der Waals surface area contributed by atoms with Crippen LogP contribution in [0.1, 0.15) is 11.4 Å². The van der Waals surface area contributed by atoms with Crippen molar-refractivity contribution in [3.63, 3.8) is 0 Å². The largest absolute Gasteiger partial charge is 0.433 e. The zero-order valence-electron chi connectivity index (χ0n) is 6.18. The fourth-order valence-corrected chi connectivity index (χ4v) is 0.836. The van der Waals surface area contributed by atoms with Crippen LogP contribution in [0.5, 0.6) is 0 Å². The van der Waals surface area contributed by atoms with Crippen LogP contribution in [-0.4, -0.2) is 4.98 Å². The first-order valence-electron chi connectivity index (χ1n) is 3.15. The molecule has 1 aromatic rings. The molecule has 0 aliphatic rings. The Bertz CT molecular complexity index is 295. The quantitative estimate of drug-likeness (QED) is 0.625. The Morgan fingerprint density at radius 1 is 1.33 bits per heavy atom. The highest BCUT2D eigenvalue weighted by molar-refractivity contribution is 7.80. The molecular formula is C7H6F3NS. The fraction of sp³-hybridized carbons (Fsp3) is 0.286. The Hall–Kier alpha value is -0.710. The van der Waals surface area contributed by atoms with Gasteiger partial charge in [0.05, 0.1) is 5.69 Å². The summed E-state index contributed by atoms with van der Waals surface area (Å²) in [4.78, 5) is 3.80. The van der Waals surface area contributed by atoms with E-state index in [9.17, 15) is 13.2 Å². The van der Waals surface area contributed by atoms with Gasteiger partial charge in [0.1, 0.15) is 5.69 Å². The standard InChI is InChI=1S/C7H6F3NS/c1-4-5(12)2-3-6(11-4)7(8,9)10/h2-3,12H,1H3. The molecule has 0 unspecified atom stereocenters. The molecule has 66 valence electrons. The summed E-state index contributed by atoms with van der Waals surface area (Å²) in [5.74, 6) is 0. The molecule has 0 aliphatic heterocycles. The molecule has 0 aromatic carbocycles. The molecule has 0 fully saturated rings. The number of aryl methyl sites for hydroxylation is 1. The van der Waals surface area contributed by atoms with Crippen LogP contribution in [0.2, 0.25) is 0 Å². The summed E-state index contributed by atoms with van der Waals surface area (Å²) in [6, 6.07) is 2.20. The van der Waals surface area contributed by atoms with Crippen molar-refractivity contribution >= 4 is 12.6 Å². The molecule has 1 aromatic heterocycles. The van der Waals surface area contributed by atoms with Gasteiger partial charge in [-0.15, -0.1) is 12.6 Å². The van der Waals surface area contributed by atoms with Gasteiger partial charge in [-0.3, -0.25) is 0 Å². The molecule has 1 heterocycles. The maximum Gasteiger partial charge on any atom is 0.433 e. The predicted molar refractivity (Wildman–Crippen MR) is 41.2 cm³/mol. The van der Waals surface area contributed by atoms with Gasteiger partial charge in [0.2, 0.25) is 0 Å². The molecule has 5 heteroatoms. The molecule has 0 atom stereocenters. The Kier molecular flexibility index (Phi) is 2.32. The molecule has 0 saturated heterocycles. The van der Waals surface area contributed by atoms with Crippen LogP contribution in [0.25, 0.3) is 0 Å². The van der Waals surface area contributed by atoms with E-state index in [-0.39, 0.29) is 5.69 Å². The van der Waals surface area contributed by atoms with Gasteiger partial charge in [0.15, 0.2) is 0 Å². The number of thiol groups is 1. The van der Waals surface area contributed by atoms with Gasteiger partial charge in [-0.25, -0.2) is 4.98 Å². The predicted octanol–water partition coefficient (Wildman–Crippen LogP) is 2.70. The first-order chi connectivity index (χ1) is 5.41. The summed E-state index contributed by atoms with van der Waals surface area (Å²) in [6.07, 6.45) is -4.37. The lowest BCUT2D eigenvalue weighted by molar-refractivity contribution is -0.141. The smallest absolute Gasteiger partial charge is 0.247 e. The first kappa shape index (κ1) is 9.38. The van der Waals surface area contributed by atoms with E-state index < -0.39 is 11.9 Å². The number of rotatable bonds is 0. The van der Waals surface area contributed by atoms with Crippen molar-refractivity contribution in [3.05, 3.63) is 23.5 Å². The summed E-state index contributed by atoms with van der Waals surface area (Å²) >= 11 is 3.91. The maximum absolute atomic E-state index is 12.0. The van der Waals surface area contributed by atoms with Crippen molar-refractivity contribution < 1.29 is 13.2 Å². The molecule has 0 radical (unpaired) electrons. The van der Waals surface area contributed by atoms with Gasteiger partial charge in [0.25, 0.3) is 0 Å². The molecule has 12 heavy (non-hydrogen) atoms. The van der Waals surface area contributed by atoms with Crippen molar-refractivity contribution in [2.24, 2.45) is 0 Å². The minimum Gasteiger partial charge on any atom is -0.247 e. The number of hydrogen-bond acceptors (Lipinski definition) is 2. The second-order valence-corrected chi connectivity index (χ2v) is 2.78. The highest BCUT2D eigenvalue weighted by Crippen LogP contribution is 2.28. The summed E-state index contributed by atoms with van der Waals surface area (Å²) < 4.78 is 36.0. The second kappa shape index (κ2) is 2.97.